The summed E-state index contributed by atoms with van der Waals surface area (Å²) >= 11 is 0. The molecule has 0 atom stereocenters. The molecule has 0 unspecified atom stereocenters. The zero-order valence-corrected chi connectivity index (χ0v) is 10.0. The number of nitrogens with zero attached hydrogens (tertiary/aromatic N) is 2. The monoisotopic (exact) mass is 250 g/mol. The average molecular weight is 250 g/mol. The van der Waals surface area contributed by atoms with E-state index in [2.05, 4.69) is 0 Å². The van der Waals surface area contributed by atoms with Crippen LogP contribution < -0.4 is 4.90 Å². The van der Waals surface area contributed by atoms with Gasteiger partial charge in [0.25, 0.3) is 5.69 Å². The second-order valence-electron chi connectivity index (χ2n) is 4.42. The molecular weight excluding hydrogens is 236 g/mol. The molecule has 18 heavy (non-hydrogen) atoms. The van der Waals surface area contributed by atoms with Crippen molar-refractivity contribution in [2.45, 2.75) is 19.8 Å². The summed E-state index contributed by atoms with van der Waals surface area (Å²) in [5.41, 5.74) is 1.10. The van der Waals surface area contributed by atoms with Crippen LogP contribution in [0.3, 0.4) is 0 Å². The number of non-ortho nitro benzene ring substituents is 1. The van der Waals surface area contributed by atoms with Gasteiger partial charge in [0.15, 0.2) is 0 Å². The zero-order chi connectivity index (χ0) is 13.3. The van der Waals surface area contributed by atoms with Gasteiger partial charge in [0.2, 0.25) is 0 Å². The third kappa shape index (κ3) is 2.13. The number of aromatic carboxylic acids is 1. The van der Waals surface area contributed by atoms with E-state index in [0.29, 0.717) is 11.3 Å². The standard InChI is InChI=1S/C12H14N2O4/c1-8-6-9(14(17)18)7-10(12(15)16)11(8)13-4-2-3-5-13/h6-7H,2-5H2,1H3,(H,15,16). The smallest absolute Gasteiger partial charge is 0.338 e. The molecule has 0 aliphatic carbocycles. The number of hydrogen-bond acceptors (Lipinski definition) is 4. The quantitative estimate of drug-likeness (QED) is 0.656. The maximum absolute atomic E-state index is 11.3. The number of rotatable bonds is 3. The summed E-state index contributed by atoms with van der Waals surface area (Å²) in [6, 6.07) is 2.57. The number of benzene rings is 1. The van der Waals surface area contributed by atoms with Crippen molar-refractivity contribution in [2.24, 2.45) is 0 Å². The fourth-order valence-electron chi connectivity index (χ4n) is 2.39. The number of nitro benzene ring substituents is 1. The summed E-state index contributed by atoms with van der Waals surface area (Å²) in [4.78, 5) is 23.4. The molecule has 96 valence electrons. The van der Waals surface area contributed by atoms with Crippen molar-refractivity contribution in [1.29, 1.82) is 0 Å². The summed E-state index contributed by atoms with van der Waals surface area (Å²) in [7, 11) is 0. The highest BCUT2D eigenvalue weighted by molar-refractivity contribution is 5.96. The van der Waals surface area contributed by atoms with Crippen LogP contribution in [-0.4, -0.2) is 29.1 Å². The molecule has 1 aliphatic heterocycles. The van der Waals surface area contributed by atoms with Crippen molar-refractivity contribution in [2.75, 3.05) is 18.0 Å². The number of nitro groups is 1. The van der Waals surface area contributed by atoms with Gasteiger partial charge in [-0.05, 0) is 25.3 Å². The van der Waals surface area contributed by atoms with E-state index in [0.717, 1.165) is 32.0 Å². The molecule has 0 aromatic heterocycles. The Hall–Kier alpha value is -2.11. The van der Waals surface area contributed by atoms with Gasteiger partial charge in [-0.15, -0.1) is 0 Å². The predicted octanol–water partition coefficient (Wildman–Crippen LogP) is 2.20. The Morgan fingerprint density at radius 1 is 1.39 bits per heavy atom. The summed E-state index contributed by atoms with van der Waals surface area (Å²) < 4.78 is 0. The Labute approximate surface area is 104 Å². The SMILES string of the molecule is Cc1cc([N+](=O)[O-])cc(C(=O)O)c1N1CCCC1. The van der Waals surface area contributed by atoms with E-state index >= 15 is 0 Å². The molecule has 6 heteroatoms. The topological polar surface area (TPSA) is 83.7 Å². The second-order valence-corrected chi connectivity index (χ2v) is 4.42. The Kier molecular flexibility index (Phi) is 3.18. The molecule has 0 bridgehead atoms. The third-order valence-electron chi connectivity index (χ3n) is 3.15. The van der Waals surface area contributed by atoms with E-state index in [-0.39, 0.29) is 11.3 Å². The fourth-order valence-corrected chi connectivity index (χ4v) is 2.39. The van der Waals surface area contributed by atoms with Crippen LogP contribution in [0, 0.1) is 17.0 Å². The maximum Gasteiger partial charge on any atom is 0.338 e. The average Bonchev–Trinajstić information content (AvgIpc) is 2.80. The molecule has 6 nitrogen and oxygen atoms in total. The van der Waals surface area contributed by atoms with Gasteiger partial charge >= 0.3 is 5.97 Å². The predicted molar refractivity (Wildman–Crippen MR) is 66.2 cm³/mol. The zero-order valence-electron chi connectivity index (χ0n) is 10.0. The Balaban J connectivity index is 2.56. The van der Waals surface area contributed by atoms with Gasteiger partial charge in [-0.2, -0.15) is 0 Å². The highest BCUT2D eigenvalue weighted by Crippen LogP contribution is 2.32. The van der Waals surface area contributed by atoms with Crippen LogP contribution in [0.25, 0.3) is 0 Å². The van der Waals surface area contributed by atoms with Gasteiger partial charge in [0.1, 0.15) is 0 Å². The molecule has 0 amide bonds. The minimum atomic E-state index is -1.12. The number of carboxylic acid groups (broad SMARTS) is 1. The highest BCUT2D eigenvalue weighted by Gasteiger charge is 2.24. The molecule has 1 aromatic rings. The maximum atomic E-state index is 11.3. The molecule has 1 heterocycles. The summed E-state index contributed by atoms with van der Waals surface area (Å²) in [6.07, 6.45) is 2.05. The molecule has 1 aromatic carbocycles. The van der Waals surface area contributed by atoms with Gasteiger partial charge in [0.05, 0.1) is 16.2 Å². The minimum Gasteiger partial charge on any atom is -0.478 e. The van der Waals surface area contributed by atoms with Crippen LogP contribution in [0.15, 0.2) is 12.1 Å². The van der Waals surface area contributed by atoms with E-state index in [1.165, 1.54) is 6.07 Å². The molecule has 0 spiro atoms. The molecular formula is C12H14N2O4. The highest BCUT2D eigenvalue weighted by atomic mass is 16.6. The van der Waals surface area contributed by atoms with Crippen molar-refractivity contribution in [1.82, 2.24) is 0 Å². The molecule has 0 radical (unpaired) electrons. The number of hydrogen-bond donors (Lipinski definition) is 1. The first-order valence-corrected chi connectivity index (χ1v) is 5.78. The lowest BCUT2D eigenvalue weighted by atomic mass is 10.1. The van der Waals surface area contributed by atoms with E-state index in [1.54, 1.807) is 6.92 Å². The first-order valence-electron chi connectivity index (χ1n) is 5.78. The lowest BCUT2D eigenvalue weighted by Gasteiger charge is -2.22. The second kappa shape index (κ2) is 4.64. The normalized spacial score (nSPS) is 14.8. The van der Waals surface area contributed by atoms with E-state index < -0.39 is 10.9 Å². The van der Waals surface area contributed by atoms with Crippen LogP contribution in [0.5, 0.6) is 0 Å². The first kappa shape index (κ1) is 12.3. The number of carbonyl (C=O) groups is 1. The Morgan fingerprint density at radius 3 is 2.50 bits per heavy atom. The number of carboxylic acids is 1. The summed E-state index contributed by atoms with van der Waals surface area (Å²) in [5.74, 6) is -1.12. The van der Waals surface area contributed by atoms with Crippen LogP contribution in [0.1, 0.15) is 28.8 Å². The van der Waals surface area contributed by atoms with E-state index in [9.17, 15) is 20.0 Å². The molecule has 1 aliphatic rings. The Morgan fingerprint density at radius 2 is 2.00 bits per heavy atom. The van der Waals surface area contributed by atoms with Gasteiger partial charge < -0.3 is 10.0 Å². The van der Waals surface area contributed by atoms with E-state index in [1.807, 2.05) is 4.90 Å². The minimum absolute atomic E-state index is 0.0172. The molecule has 1 N–H and O–H groups in total. The van der Waals surface area contributed by atoms with Crippen LogP contribution >= 0.6 is 0 Å². The van der Waals surface area contributed by atoms with Crippen molar-refractivity contribution in [3.8, 4) is 0 Å². The van der Waals surface area contributed by atoms with Crippen molar-refractivity contribution in [3.63, 3.8) is 0 Å². The molecule has 0 saturated carbocycles. The molecule has 1 saturated heterocycles. The lowest BCUT2D eigenvalue weighted by molar-refractivity contribution is -0.384. The van der Waals surface area contributed by atoms with Gasteiger partial charge in [-0.1, -0.05) is 0 Å². The largest absolute Gasteiger partial charge is 0.478 e. The van der Waals surface area contributed by atoms with Crippen LogP contribution in [-0.2, 0) is 0 Å². The van der Waals surface area contributed by atoms with E-state index in [4.69, 9.17) is 0 Å². The molecule has 1 fully saturated rings. The fraction of sp³-hybridized carbons (Fsp3) is 0.417. The third-order valence-corrected chi connectivity index (χ3v) is 3.15. The number of anilines is 1. The van der Waals surface area contributed by atoms with Gasteiger partial charge in [-0.3, -0.25) is 10.1 Å². The lowest BCUT2D eigenvalue weighted by Crippen LogP contribution is -2.22. The van der Waals surface area contributed by atoms with Crippen molar-refractivity contribution in [3.05, 3.63) is 33.4 Å². The van der Waals surface area contributed by atoms with Gasteiger partial charge in [0, 0.05) is 25.2 Å². The van der Waals surface area contributed by atoms with Crippen molar-refractivity contribution >= 4 is 17.3 Å². The van der Waals surface area contributed by atoms with Crippen LogP contribution in [0.2, 0.25) is 0 Å². The van der Waals surface area contributed by atoms with Crippen molar-refractivity contribution < 1.29 is 14.8 Å². The van der Waals surface area contributed by atoms with Crippen LogP contribution in [0.4, 0.5) is 11.4 Å². The summed E-state index contributed by atoms with van der Waals surface area (Å²) in [5, 5.41) is 20.0. The molecule has 2 rings (SSSR count). The Bertz CT molecular complexity index is 507. The summed E-state index contributed by atoms with van der Waals surface area (Å²) in [6.45, 7) is 3.32. The first-order chi connectivity index (χ1) is 8.50. The number of aryl methyl sites for hydroxylation is 1. The van der Waals surface area contributed by atoms with Gasteiger partial charge in [-0.25, -0.2) is 4.79 Å².